The Balaban J connectivity index is 2.46. The second kappa shape index (κ2) is 7.51. The highest BCUT2D eigenvalue weighted by Gasteiger charge is 2.36. The molecule has 1 heterocycles. The number of benzene rings is 1. The number of halogens is 3. The van der Waals surface area contributed by atoms with E-state index in [1.165, 1.54) is 0 Å². The fourth-order valence-electron chi connectivity index (χ4n) is 2.31. The highest BCUT2D eigenvalue weighted by atomic mass is 19.4. The minimum Gasteiger partial charge on any atom is -0.477 e. The zero-order valence-electron chi connectivity index (χ0n) is 13.9. The first-order valence-electron chi connectivity index (χ1n) is 7.84. The third-order valence-electron chi connectivity index (χ3n) is 3.52. The van der Waals surface area contributed by atoms with Crippen molar-refractivity contribution in [3.63, 3.8) is 0 Å². The Kier molecular flexibility index (Phi) is 5.64. The lowest BCUT2D eigenvalue weighted by Gasteiger charge is -2.22. The van der Waals surface area contributed by atoms with Crippen LogP contribution in [0, 0.1) is 0 Å². The van der Waals surface area contributed by atoms with E-state index in [-0.39, 0.29) is 12.6 Å². The molecule has 0 atom stereocenters. The zero-order chi connectivity index (χ0) is 17.7. The standard InChI is InChI=1S/C17H20F3N3O/c1-4-12-8-7-9-13(10-12)23(5-2)16-21-11-14(17(18,19)20)15(22-16)24-6-3/h7-11H,4-6H2,1-3H3. The molecule has 130 valence electrons. The van der Waals surface area contributed by atoms with E-state index in [1.807, 2.05) is 38.1 Å². The fourth-order valence-corrected chi connectivity index (χ4v) is 2.31. The summed E-state index contributed by atoms with van der Waals surface area (Å²) in [6.07, 6.45) is -2.91. The molecule has 1 aromatic heterocycles. The minimum atomic E-state index is -4.55. The number of anilines is 2. The summed E-state index contributed by atoms with van der Waals surface area (Å²) >= 11 is 0. The van der Waals surface area contributed by atoms with E-state index in [0.29, 0.717) is 6.54 Å². The lowest BCUT2D eigenvalue weighted by Crippen LogP contribution is -2.21. The minimum absolute atomic E-state index is 0.0942. The van der Waals surface area contributed by atoms with Gasteiger partial charge in [-0.3, -0.25) is 0 Å². The Labute approximate surface area is 139 Å². The van der Waals surface area contributed by atoms with Gasteiger partial charge in [0.1, 0.15) is 5.56 Å². The predicted octanol–water partition coefficient (Wildman–Crippen LogP) is 4.61. The van der Waals surface area contributed by atoms with Crippen LogP contribution in [0.3, 0.4) is 0 Å². The van der Waals surface area contributed by atoms with Gasteiger partial charge in [-0.1, -0.05) is 19.1 Å². The molecule has 0 aliphatic carbocycles. The SMILES string of the molecule is CCOc1nc(N(CC)c2cccc(CC)c2)ncc1C(F)(F)F. The molecule has 4 nitrogen and oxygen atoms in total. The second-order valence-corrected chi connectivity index (χ2v) is 5.09. The van der Waals surface area contributed by atoms with E-state index in [4.69, 9.17) is 4.74 Å². The second-order valence-electron chi connectivity index (χ2n) is 5.09. The average molecular weight is 339 g/mol. The number of ether oxygens (including phenoxy) is 1. The first kappa shape index (κ1) is 18.0. The van der Waals surface area contributed by atoms with Crippen molar-refractivity contribution < 1.29 is 17.9 Å². The molecule has 24 heavy (non-hydrogen) atoms. The lowest BCUT2D eigenvalue weighted by atomic mass is 10.1. The quantitative estimate of drug-likeness (QED) is 0.770. The van der Waals surface area contributed by atoms with Crippen LogP contribution < -0.4 is 9.64 Å². The number of aromatic nitrogens is 2. The molecule has 7 heteroatoms. The van der Waals surface area contributed by atoms with Crippen LogP contribution in [0.15, 0.2) is 30.5 Å². The van der Waals surface area contributed by atoms with Gasteiger partial charge in [-0.2, -0.15) is 18.2 Å². The number of rotatable bonds is 6. The molecule has 0 saturated heterocycles. The van der Waals surface area contributed by atoms with Crippen LogP contribution in [-0.4, -0.2) is 23.1 Å². The highest BCUT2D eigenvalue weighted by Crippen LogP contribution is 2.36. The van der Waals surface area contributed by atoms with Gasteiger partial charge in [0.2, 0.25) is 11.8 Å². The van der Waals surface area contributed by atoms with Gasteiger partial charge in [0, 0.05) is 18.4 Å². The lowest BCUT2D eigenvalue weighted by molar-refractivity contribution is -0.139. The van der Waals surface area contributed by atoms with Gasteiger partial charge in [-0.05, 0) is 38.0 Å². The van der Waals surface area contributed by atoms with Crippen molar-refractivity contribution in [2.45, 2.75) is 33.4 Å². The van der Waals surface area contributed by atoms with Crippen molar-refractivity contribution in [1.29, 1.82) is 0 Å². The Morgan fingerprint density at radius 2 is 1.92 bits per heavy atom. The molecule has 0 N–H and O–H groups in total. The largest absolute Gasteiger partial charge is 0.477 e. The number of alkyl halides is 3. The van der Waals surface area contributed by atoms with E-state index in [0.717, 1.165) is 23.9 Å². The Morgan fingerprint density at radius 1 is 1.17 bits per heavy atom. The number of aryl methyl sites for hydroxylation is 1. The van der Waals surface area contributed by atoms with Crippen molar-refractivity contribution in [1.82, 2.24) is 9.97 Å². The first-order valence-corrected chi connectivity index (χ1v) is 7.84. The van der Waals surface area contributed by atoms with Crippen LogP contribution in [0.5, 0.6) is 5.88 Å². The molecule has 0 aliphatic rings. The van der Waals surface area contributed by atoms with Crippen LogP contribution in [0.1, 0.15) is 31.9 Å². The van der Waals surface area contributed by atoms with Gasteiger partial charge >= 0.3 is 6.18 Å². The summed E-state index contributed by atoms with van der Waals surface area (Å²) < 4.78 is 44.2. The summed E-state index contributed by atoms with van der Waals surface area (Å²) in [5.74, 6) is -0.262. The van der Waals surface area contributed by atoms with Crippen LogP contribution in [-0.2, 0) is 12.6 Å². The number of hydrogen-bond donors (Lipinski definition) is 0. The summed E-state index contributed by atoms with van der Waals surface area (Å²) in [6, 6.07) is 7.76. The summed E-state index contributed by atoms with van der Waals surface area (Å²) in [4.78, 5) is 9.66. The molecule has 0 spiro atoms. The van der Waals surface area contributed by atoms with E-state index in [9.17, 15) is 13.2 Å². The maximum Gasteiger partial charge on any atom is 0.423 e. The van der Waals surface area contributed by atoms with Gasteiger partial charge in [-0.25, -0.2) is 4.98 Å². The maximum atomic E-state index is 13.0. The van der Waals surface area contributed by atoms with Gasteiger partial charge in [-0.15, -0.1) is 0 Å². The van der Waals surface area contributed by atoms with Crippen LogP contribution in [0.25, 0.3) is 0 Å². The molecule has 2 aromatic rings. The zero-order valence-corrected chi connectivity index (χ0v) is 13.9. The van der Waals surface area contributed by atoms with Crippen molar-refractivity contribution in [2.24, 2.45) is 0 Å². The third kappa shape index (κ3) is 3.96. The van der Waals surface area contributed by atoms with Crippen molar-refractivity contribution in [3.8, 4) is 5.88 Å². The van der Waals surface area contributed by atoms with Crippen molar-refractivity contribution in [2.75, 3.05) is 18.1 Å². The molecular formula is C17H20F3N3O. The molecule has 0 saturated carbocycles. The third-order valence-corrected chi connectivity index (χ3v) is 3.52. The normalized spacial score (nSPS) is 11.4. The Hall–Kier alpha value is -2.31. The first-order chi connectivity index (χ1) is 11.4. The maximum absolute atomic E-state index is 13.0. The smallest absolute Gasteiger partial charge is 0.423 e. The molecule has 1 aromatic carbocycles. The topological polar surface area (TPSA) is 38.2 Å². The van der Waals surface area contributed by atoms with E-state index >= 15 is 0 Å². The van der Waals surface area contributed by atoms with E-state index < -0.39 is 17.6 Å². The molecule has 0 radical (unpaired) electrons. The number of nitrogens with zero attached hydrogens (tertiary/aromatic N) is 3. The Morgan fingerprint density at radius 3 is 2.50 bits per heavy atom. The van der Waals surface area contributed by atoms with Gasteiger partial charge in [0.25, 0.3) is 0 Å². The summed E-state index contributed by atoms with van der Waals surface area (Å²) in [6.45, 7) is 6.16. The molecule has 2 rings (SSSR count). The van der Waals surface area contributed by atoms with E-state index in [2.05, 4.69) is 9.97 Å². The summed E-state index contributed by atoms with van der Waals surface area (Å²) in [5.41, 5.74) is 0.994. The van der Waals surface area contributed by atoms with Crippen molar-refractivity contribution >= 4 is 11.6 Å². The monoisotopic (exact) mass is 339 g/mol. The van der Waals surface area contributed by atoms with Crippen LogP contribution >= 0.6 is 0 Å². The van der Waals surface area contributed by atoms with Gasteiger partial charge < -0.3 is 9.64 Å². The molecule has 0 unspecified atom stereocenters. The van der Waals surface area contributed by atoms with Gasteiger partial charge in [0.05, 0.1) is 6.61 Å². The predicted molar refractivity (Wildman–Crippen MR) is 86.7 cm³/mol. The molecule has 0 amide bonds. The summed E-state index contributed by atoms with van der Waals surface area (Å²) in [7, 11) is 0. The Bertz CT molecular complexity index is 689. The average Bonchev–Trinajstić information content (AvgIpc) is 2.55. The number of hydrogen-bond acceptors (Lipinski definition) is 4. The fraction of sp³-hybridized carbons (Fsp3) is 0.412. The molecule has 0 bridgehead atoms. The molecule has 0 aliphatic heterocycles. The van der Waals surface area contributed by atoms with Crippen LogP contribution in [0.2, 0.25) is 0 Å². The highest BCUT2D eigenvalue weighted by molar-refractivity contribution is 5.58. The molecule has 0 fully saturated rings. The van der Waals surface area contributed by atoms with Crippen molar-refractivity contribution in [3.05, 3.63) is 41.6 Å². The van der Waals surface area contributed by atoms with E-state index in [1.54, 1.807) is 11.8 Å². The molecular weight excluding hydrogens is 319 g/mol. The summed E-state index contributed by atoms with van der Waals surface area (Å²) in [5, 5.41) is 0. The van der Waals surface area contributed by atoms with Crippen LogP contribution in [0.4, 0.5) is 24.8 Å². The van der Waals surface area contributed by atoms with Gasteiger partial charge in [0.15, 0.2) is 0 Å².